The van der Waals surface area contributed by atoms with Crippen LogP contribution >= 0.6 is 22.9 Å². The van der Waals surface area contributed by atoms with Gasteiger partial charge in [0, 0.05) is 29.3 Å². The normalized spacial score (nSPS) is 12.6. The fourth-order valence-corrected chi connectivity index (χ4v) is 3.55. The minimum atomic E-state index is 0.225. The monoisotopic (exact) mass is 327 g/mol. The lowest BCUT2D eigenvalue weighted by molar-refractivity contribution is 0.415. The number of halogens is 1. The molecule has 2 aromatic rings. The minimum absolute atomic E-state index is 0.225. The van der Waals surface area contributed by atoms with Gasteiger partial charge in [0.15, 0.2) is 0 Å². The highest BCUT2D eigenvalue weighted by Crippen LogP contribution is 2.31. The predicted molar refractivity (Wildman–Crippen MR) is 88.6 cm³/mol. The van der Waals surface area contributed by atoms with Crippen molar-refractivity contribution in [3.63, 3.8) is 0 Å². The van der Waals surface area contributed by atoms with Crippen LogP contribution in [0.2, 0.25) is 5.02 Å². The van der Waals surface area contributed by atoms with Crippen LogP contribution in [0.1, 0.15) is 36.2 Å². The van der Waals surface area contributed by atoms with Crippen molar-refractivity contribution in [2.24, 2.45) is 0 Å². The van der Waals surface area contributed by atoms with Gasteiger partial charge in [0.2, 0.25) is 0 Å². The summed E-state index contributed by atoms with van der Waals surface area (Å²) in [6.07, 6.45) is 0.824. The number of methoxy groups -OCH3 is 1. The Hall–Kier alpha value is -1.04. The lowest BCUT2D eigenvalue weighted by atomic mass is 10.1. The number of hydrogen-bond acceptors (Lipinski definition) is 4. The smallest absolute Gasteiger partial charge is 0.129 e. The molecule has 0 aliphatic carbocycles. The van der Waals surface area contributed by atoms with Gasteiger partial charge in [0.25, 0.3) is 0 Å². The number of nitrogens with one attached hydrogen (secondary N) is 1. The van der Waals surface area contributed by atoms with Crippen molar-refractivity contribution in [2.75, 3.05) is 13.7 Å². The first-order valence-electron chi connectivity index (χ1n) is 7.18. The second kappa shape index (κ2) is 7.29. The van der Waals surface area contributed by atoms with Gasteiger partial charge in [-0.3, -0.25) is 4.68 Å². The van der Waals surface area contributed by atoms with E-state index in [1.165, 1.54) is 4.88 Å². The quantitative estimate of drug-likeness (QED) is 0.840. The standard InChI is InChI=1S/C15H22ClN3OS/c1-5-17-12(14-7-11(20-4)9-21-14)8-13-15(16)10(3)18-19(13)6-2/h7,9,12,17H,5-6,8H2,1-4H3. The third-order valence-electron chi connectivity index (χ3n) is 3.48. The third kappa shape index (κ3) is 3.59. The molecule has 0 saturated carbocycles. The van der Waals surface area contributed by atoms with Crippen LogP contribution in [0.4, 0.5) is 0 Å². The largest absolute Gasteiger partial charge is 0.496 e. The number of rotatable bonds is 7. The molecule has 0 saturated heterocycles. The number of hydrogen-bond donors (Lipinski definition) is 1. The third-order valence-corrected chi connectivity index (χ3v) is 4.99. The summed E-state index contributed by atoms with van der Waals surface area (Å²) >= 11 is 8.13. The zero-order valence-electron chi connectivity index (χ0n) is 12.9. The van der Waals surface area contributed by atoms with Crippen molar-refractivity contribution in [3.05, 3.63) is 32.7 Å². The van der Waals surface area contributed by atoms with Gasteiger partial charge in [-0.05, 0) is 26.5 Å². The van der Waals surface area contributed by atoms with E-state index >= 15 is 0 Å². The fourth-order valence-electron chi connectivity index (χ4n) is 2.40. The maximum absolute atomic E-state index is 6.42. The summed E-state index contributed by atoms with van der Waals surface area (Å²) < 4.78 is 7.28. The Morgan fingerprint density at radius 2 is 2.24 bits per heavy atom. The van der Waals surface area contributed by atoms with E-state index in [0.29, 0.717) is 0 Å². The first-order valence-corrected chi connectivity index (χ1v) is 8.44. The summed E-state index contributed by atoms with van der Waals surface area (Å²) in [7, 11) is 1.69. The van der Waals surface area contributed by atoms with Crippen molar-refractivity contribution in [1.29, 1.82) is 0 Å². The topological polar surface area (TPSA) is 39.1 Å². The molecule has 2 aromatic heterocycles. The number of aryl methyl sites for hydroxylation is 2. The number of thiophene rings is 1. The van der Waals surface area contributed by atoms with E-state index in [4.69, 9.17) is 16.3 Å². The molecule has 2 heterocycles. The molecule has 4 nitrogen and oxygen atoms in total. The van der Waals surface area contributed by atoms with Crippen molar-refractivity contribution < 1.29 is 4.74 Å². The van der Waals surface area contributed by atoms with E-state index in [1.807, 2.05) is 17.0 Å². The number of likely N-dealkylation sites (N-methyl/N-ethyl adjacent to an activating group) is 1. The molecule has 0 aromatic carbocycles. The zero-order valence-corrected chi connectivity index (χ0v) is 14.5. The molecule has 0 aliphatic rings. The molecule has 1 atom stereocenters. The van der Waals surface area contributed by atoms with Gasteiger partial charge in [-0.2, -0.15) is 5.10 Å². The molecule has 1 N–H and O–H groups in total. The number of aromatic nitrogens is 2. The molecule has 1 unspecified atom stereocenters. The Balaban J connectivity index is 2.27. The van der Waals surface area contributed by atoms with Crippen LogP contribution in [-0.2, 0) is 13.0 Å². The van der Waals surface area contributed by atoms with Crippen LogP contribution in [-0.4, -0.2) is 23.4 Å². The van der Waals surface area contributed by atoms with Crippen LogP contribution in [0.5, 0.6) is 5.75 Å². The predicted octanol–water partition coefficient (Wildman–Crippen LogP) is 3.83. The molecule has 0 aliphatic heterocycles. The summed E-state index contributed by atoms with van der Waals surface area (Å²) in [6.45, 7) is 7.89. The van der Waals surface area contributed by atoms with Gasteiger partial charge in [-0.1, -0.05) is 18.5 Å². The molecule has 0 spiro atoms. The van der Waals surface area contributed by atoms with Crippen LogP contribution in [0.15, 0.2) is 11.4 Å². The van der Waals surface area contributed by atoms with Gasteiger partial charge in [-0.15, -0.1) is 11.3 Å². The minimum Gasteiger partial charge on any atom is -0.496 e. The van der Waals surface area contributed by atoms with Crippen LogP contribution in [0.25, 0.3) is 0 Å². The number of nitrogens with zero attached hydrogens (tertiary/aromatic N) is 2. The van der Waals surface area contributed by atoms with Crippen molar-refractivity contribution in [1.82, 2.24) is 15.1 Å². The SMILES string of the molecule is CCNC(Cc1c(Cl)c(C)nn1CC)c1cc(OC)cs1. The van der Waals surface area contributed by atoms with E-state index in [0.717, 1.165) is 41.7 Å². The van der Waals surface area contributed by atoms with Crippen molar-refractivity contribution >= 4 is 22.9 Å². The van der Waals surface area contributed by atoms with Gasteiger partial charge in [-0.25, -0.2) is 0 Å². The highest BCUT2D eigenvalue weighted by atomic mass is 35.5. The molecular formula is C15H22ClN3OS. The maximum Gasteiger partial charge on any atom is 0.129 e. The van der Waals surface area contributed by atoms with Gasteiger partial charge in [0.1, 0.15) is 5.75 Å². The Kier molecular flexibility index (Phi) is 5.67. The van der Waals surface area contributed by atoms with Crippen molar-refractivity contribution in [2.45, 2.75) is 39.8 Å². The highest BCUT2D eigenvalue weighted by Gasteiger charge is 2.20. The van der Waals surface area contributed by atoms with Crippen molar-refractivity contribution in [3.8, 4) is 5.75 Å². The van der Waals surface area contributed by atoms with E-state index in [9.17, 15) is 0 Å². The fraction of sp³-hybridized carbons (Fsp3) is 0.533. The van der Waals surface area contributed by atoms with Crippen LogP contribution in [0, 0.1) is 6.92 Å². The lowest BCUT2D eigenvalue weighted by Crippen LogP contribution is -2.23. The second-order valence-electron chi connectivity index (χ2n) is 4.87. The first-order chi connectivity index (χ1) is 10.1. The molecule has 6 heteroatoms. The molecule has 2 rings (SSSR count). The lowest BCUT2D eigenvalue weighted by Gasteiger charge is -2.17. The van der Waals surface area contributed by atoms with Gasteiger partial charge < -0.3 is 10.1 Å². The Bertz CT molecular complexity index is 594. The summed E-state index contributed by atoms with van der Waals surface area (Å²) in [5.74, 6) is 0.907. The summed E-state index contributed by atoms with van der Waals surface area (Å²) in [5, 5.41) is 10.8. The molecule has 0 fully saturated rings. The number of ether oxygens (including phenoxy) is 1. The van der Waals surface area contributed by atoms with E-state index in [1.54, 1.807) is 18.4 Å². The Morgan fingerprint density at radius 1 is 1.48 bits per heavy atom. The van der Waals surface area contributed by atoms with Gasteiger partial charge in [0.05, 0.1) is 23.5 Å². The molecular weight excluding hydrogens is 306 g/mol. The molecule has 0 bridgehead atoms. The summed E-state index contributed by atoms with van der Waals surface area (Å²) in [4.78, 5) is 1.26. The zero-order chi connectivity index (χ0) is 15.4. The Labute approximate surface area is 135 Å². The molecule has 0 radical (unpaired) electrons. The van der Waals surface area contributed by atoms with E-state index < -0.39 is 0 Å². The second-order valence-corrected chi connectivity index (χ2v) is 6.19. The first kappa shape index (κ1) is 16.3. The van der Waals surface area contributed by atoms with Crippen LogP contribution in [0.3, 0.4) is 0 Å². The van der Waals surface area contributed by atoms with Gasteiger partial charge >= 0.3 is 0 Å². The van der Waals surface area contributed by atoms with E-state index in [2.05, 4.69) is 30.3 Å². The molecule has 0 amide bonds. The average Bonchev–Trinajstić information content (AvgIpc) is 3.06. The Morgan fingerprint density at radius 3 is 2.81 bits per heavy atom. The highest BCUT2D eigenvalue weighted by molar-refractivity contribution is 7.10. The summed E-state index contributed by atoms with van der Waals surface area (Å²) in [5.41, 5.74) is 1.99. The molecule has 116 valence electrons. The molecule has 21 heavy (non-hydrogen) atoms. The van der Waals surface area contributed by atoms with Crippen LogP contribution < -0.4 is 10.1 Å². The maximum atomic E-state index is 6.42. The average molecular weight is 328 g/mol. The summed E-state index contributed by atoms with van der Waals surface area (Å²) in [6, 6.07) is 2.31. The van der Waals surface area contributed by atoms with E-state index in [-0.39, 0.29) is 6.04 Å².